The molecule has 0 unspecified atom stereocenters. The molecule has 28 heavy (non-hydrogen) atoms. The van der Waals surface area contributed by atoms with Gasteiger partial charge in [0.25, 0.3) is 5.89 Å². The molecule has 0 fully saturated rings. The van der Waals surface area contributed by atoms with Gasteiger partial charge in [0.1, 0.15) is 5.75 Å². The van der Waals surface area contributed by atoms with E-state index >= 15 is 0 Å². The van der Waals surface area contributed by atoms with Gasteiger partial charge in [-0.1, -0.05) is 23.4 Å². The Kier molecular flexibility index (Phi) is 4.72. The molecule has 7 heteroatoms. The summed E-state index contributed by atoms with van der Waals surface area (Å²) < 4.78 is 15.6. The summed E-state index contributed by atoms with van der Waals surface area (Å²) in [6.45, 7) is 1.61. The number of benzene rings is 2. The van der Waals surface area contributed by atoms with Gasteiger partial charge in [-0.05, 0) is 43.3 Å². The van der Waals surface area contributed by atoms with Gasteiger partial charge < -0.3 is 14.0 Å². The summed E-state index contributed by atoms with van der Waals surface area (Å²) in [5.74, 6) is 1.00. The Morgan fingerprint density at radius 1 is 1.07 bits per heavy atom. The monoisotopic (exact) mass is 375 g/mol. The van der Waals surface area contributed by atoms with Crippen LogP contribution in [-0.2, 0) is 11.3 Å². The molecule has 0 amide bonds. The van der Waals surface area contributed by atoms with Crippen LogP contribution < -0.4 is 4.74 Å². The SMILES string of the molecule is COc1ccc(-c2cc(C(=O)OCc3nc(C)no3)c3ccccc3n2)cc1. The molecule has 0 spiro atoms. The fraction of sp³-hybridized carbons (Fsp3) is 0.143. The van der Waals surface area contributed by atoms with Crippen LogP contribution in [-0.4, -0.2) is 28.2 Å². The summed E-state index contributed by atoms with van der Waals surface area (Å²) in [5, 5.41) is 4.40. The normalized spacial score (nSPS) is 10.8. The van der Waals surface area contributed by atoms with Crippen molar-refractivity contribution in [3.63, 3.8) is 0 Å². The minimum atomic E-state index is -0.482. The molecule has 4 rings (SSSR count). The maximum Gasteiger partial charge on any atom is 0.339 e. The molecule has 0 aliphatic carbocycles. The number of carbonyl (C=O) groups is 1. The van der Waals surface area contributed by atoms with Gasteiger partial charge in [0.05, 0.1) is 23.9 Å². The maximum absolute atomic E-state index is 12.8. The van der Waals surface area contributed by atoms with E-state index in [1.54, 1.807) is 20.1 Å². The molecule has 0 bridgehead atoms. The molecule has 2 heterocycles. The van der Waals surface area contributed by atoms with E-state index in [4.69, 9.17) is 14.0 Å². The summed E-state index contributed by atoms with van der Waals surface area (Å²) in [7, 11) is 1.61. The number of fused-ring (bicyclic) bond motifs is 1. The maximum atomic E-state index is 12.8. The minimum Gasteiger partial charge on any atom is -0.497 e. The van der Waals surface area contributed by atoms with Crippen molar-refractivity contribution >= 4 is 16.9 Å². The second-order valence-corrected chi connectivity index (χ2v) is 6.11. The Bertz CT molecular complexity index is 1140. The van der Waals surface area contributed by atoms with Crippen LogP contribution in [0.15, 0.2) is 59.1 Å². The minimum absolute atomic E-state index is 0.0891. The lowest BCUT2D eigenvalue weighted by Crippen LogP contribution is -2.07. The summed E-state index contributed by atoms with van der Waals surface area (Å²) in [5.41, 5.74) is 2.67. The van der Waals surface area contributed by atoms with Crippen molar-refractivity contribution in [3.05, 3.63) is 71.9 Å². The number of methoxy groups -OCH3 is 1. The largest absolute Gasteiger partial charge is 0.497 e. The highest BCUT2D eigenvalue weighted by atomic mass is 16.6. The second-order valence-electron chi connectivity index (χ2n) is 6.11. The number of aromatic nitrogens is 3. The average molecular weight is 375 g/mol. The highest BCUT2D eigenvalue weighted by Gasteiger charge is 2.16. The van der Waals surface area contributed by atoms with E-state index < -0.39 is 5.97 Å². The van der Waals surface area contributed by atoms with E-state index in [-0.39, 0.29) is 12.5 Å². The highest BCUT2D eigenvalue weighted by molar-refractivity contribution is 6.04. The van der Waals surface area contributed by atoms with Crippen LogP contribution in [0.25, 0.3) is 22.2 Å². The van der Waals surface area contributed by atoms with E-state index in [2.05, 4.69) is 15.1 Å². The van der Waals surface area contributed by atoms with Crippen LogP contribution in [0.5, 0.6) is 5.75 Å². The van der Waals surface area contributed by atoms with E-state index in [9.17, 15) is 4.79 Å². The van der Waals surface area contributed by atoms with Crippen molar-refractivity contribution in [2.24, 2.45) is 0 Å². The standard InChI is InChI=1S/C21H17N3O4/c1-13-22-20(28-24-13)12-27-21(25)17-11-19(14-7-9-15(26-2)10-8-14)23-18-6-4-3-5-16(17)18/h3-11H,12H2,1-2H3. The number of carbonyl (C=O) groups excluding carboxylic acids is 1. The average Bonchev–Trinajstić information content (AvgIpc) is 3.16. The number of ether oxygens (including phenoxy) is 2. The third-order valence-corrected chi connectivity index (χ3v) is 4.22. The first-order valence-electron chi connectivity index (χ1n) is 8.64. The van der Waals surface area contributed by atoms with E-state index in [1.807, 2.05) is 48.5 Å². The first-order valence-corrected chi connectivity index (χ1v) is 8.64. The molecule has 0 saturated heterocycles. The van der Waals surface area contributed by atoms with Crippen molar-refractivity contribution in [3.8, 4) is 17.0 Å². The van der Waals surface area contributed by atoms with Gasteiger partial charge in [-0.3, -0.25) is 0 Å². The van der Waals surface area contributed by atoms with Crippen LogP contribution in [0, 0.1) is 6.92 Å². The molecular weight excluding hydrogens is 358 g/mol. The number of hydrogen-bond donors (Lipinski definition) is 0. The number of nitrogens with zero attached hydrogens (tertiary/aromatic N) is 3. The zero-order valence-electron chi connectivity index (χ0n) is 15.4. The van der Waals surface area contributed by atoms with Gasteiger partial charge in [0.15, 0.2) is 12.4 Å². The van der Waals surface area contributed by atoms with Gasteiger partial charge in [0, 0.05) is 10.9 Å². The first kappa shape index (κ1) is 17.7. The van der Waals surface area contributed by atoms with Crippen LogP contribution in [0.2, 0.25) is 0 Å². The fourth-order valence-electron chi connectivity index (χ4n) is 2.86. The molecule has 0 N–H and O–H groups in total. The Labute approximate surface area is 160 Å². The highest BCUT2D eigenvalue weighted by Crippen LogP contribution is 2.27. The number of aryl methyl sites for hydroxylation is 1. The van der Waals surface area contributed by atoms with E-state index in [0.29, 0.717) is 28.0 Å². The lowest BCUT2D eigenvalue weighted by Gasteiger charge is -2.10. The first-order chi connectivity index (χ1) is 13.6. The molecule has 0 aliphatic rings. The summed E-state index contributed by atoms with van der Waals surface area (Å²) in [4.78, 5) is 21.5. The third-order valence-electron chi connectivity index (χ3n) is 4.22. The summed E-state index contributed by atoms with van der Waals surface area (Å²) in [6, 6.07) is 16.7. The Morgan fingerprint density at radius 2 is 1.86 bits per heavy atom. The number of pyridine rings is 1. The van der Waals surface area contributed by atoms with Gasteiger partial charge in [-0.2, -0.15) is 4.98 Å². The molecule has 2 aromatic carbocycles. The lowest BCUT2D eigenvalue weighted by atomic mass is 10.0. The van der Waals surface area contributed by atoms with E-state index in [1.165, 1.54) is 0 Å². The smallest absolute Gasteiger partial charge is 0.339 e. The number of rotatable bonds is 5. The van der Waals surface area contributed by atoms with Crippen LogP contribution in [0.1, 0.15) is 22.1 Å². The van der Waals surface area contributed by atoms with Crippen molar-refractivity contribution in [2.75, 3.05) is 7.11 Å². The molecule has 0 atom stereocenters. The van der Waals surface area contributed by atoms with Gasteiger partial charge >= 0.3 is 5.97 Å². The molecule has 0 aliphatic heterocycles. The Morgan fingerprint density at radius 3 is 2.57 bits per heavy atom. The predicted molar refractivity (Wildman–Crippen MR) is 102 cm³/mol. The predicted octanol–water partition coefficient (Wildman–Crippen LogP) is 3.96. The van der Waals surface area contributed by atoms with Gasteiger partial charge in [-0.15, -0.1) is 0 Å². The molecule has 0 saturated carbocycles. The van der Waals surface area contributed by atoms with Crippen molar-refractivity contribution in [1.82, 2.24) is 15.1 Å². The molecule has 2 aromatic heterocycles. The summed E-state index contributed by atoms with van der Waals surface area (Å²) in [6.07, 6.45) is 0. The summed E-state index contributed by atoms with van der Waals surface area (Å²) >= 11 is 0. The zero-order chi connectivity index (χ0) is 19.5. The number of para-hydroxylation sites is 1. The zero-order valence-corrected chi connectivity index (χ0v) is 15.4. The van der Waals surface area contributed by atoms with Gasteiger partial charge in [-0.25, -0.2) is 9.78 Å². The Hall–Kier alpha value is -3.74. The number of esters is 1. The quantitative estimate of drug-likeness (QED) is 0.488. The van der Waals surface area contributed by atoms with Gasteiger partial charge in [0.2, 0.25) is 0 Å². The fourth-order valence-corrected chi connectivity index (χ4v) is 2.86. The van der Waals surface area contributed by atoms with Crippen LogP contribution >= 0.6 is 0 Å². The Balaban J connectivity index is 1.70. The molecule has 7 nitrogen and oxygen atoms in total. The van der Waals surface area contributed by atoms with Crippen molar-refractivity contribution in [1.29, 1.82) is 0 Å². The molecule has 140 valence electrons. The third kappa shape index (κ3) is 3.55. The van der Waals surface area contributed by atoms with Crippen molar-refractivity contribution < 1.29 is 18.8 Å². The number of hydrogen-bond acceptors (Lipinski definition) is 7. The lowest BCUT2D eigenvalue weighted by molar-refractivity contribution is 0.0432. The second kappa shape index (κ2) is 7.48. The molecule has 4 aromatic rings. The van der Waals surface area contributed by atoms with Crippen LogP contribution in [0.4, 0.5) is 0 Å². The van der Waals surface area contributed by atoms with E-state index in [0.717, 1.165) is 11.3 Å². The topological polar surface area (TPSA) is 87.3 Å². The van der Waals surface area contributed by atoms with Crippen LogP contribution in [0.3, 0.4) is 0 Å². The van der Waals surface area contributed by atoms with Crippen molar-refractivity contribution in [2.45, 2.75) is 13.5 Å². The molecule has 0 radical (unpaired) electrons. The molecular formula is C21H17N3O4.